The lowest BCUT2D eigenvalue weighted by Crippen LogP contribution is -2.14. The molecule has 3 heteroatoms. The molecular formula is C14H11B2O. The Balaban J connectivity index is 2.36. The molecule has 0 aromatic heterocycles. The van der Waals surface area contributed by atoms with Crippen molar-refractivity contribution in [2.24, 2.45) is 0 Å². The molecule has 0 heterocycles. The van der Waals surface area contributed by atoms with Crippen molar-refractivity contribution < 1.29 is 4.79 Å². The maximum absolute atomic E-state index is 12.2. The Hall–Kier alpha value is -1.76. The van der Waals surface area contributed by atoms with E-state index in [4.69, 9.17) is 7.85 Å². The average molecular weight is 217 g/mol. The van der Waals surface area contributed by atoms with Gasteiger partial charge in [0.05, 0.1) is 0 Å². The van der Waals surface area contributed by atoms with Gasteiger partial charge in [-0.25, -0.2) is 0 Å². The molecular weight excluding hydrogens is 206 g/mol. The topological polar surface area (TPSA) is 17.1 Å². The third kappa shape index (κ3) is 2.68. The number of benzene rings is 2. The highest BCUT2D eigenvalue weighted by molar-refractivity contribution is 6.52. The molecule has 0 aliphatic carbocycles. The van der Waals surface area contributed by atoms with Crippen molar-refractivity contribution in [3.63, 3.8) is 0 Å². The molecule has 1 nitrogen and oxygen atoms in total. The van der Waals surface area contributed by atoms with E-state index in [1.165, 1.54) is 0 Å². The monoisotopic (exact) mass is 217 g/mol. The number of rotatable bonds is 3. The van der Waals surface area contributed by atoms with Crippen LogP contribution in [0.3, 0.4) is 0 Å². The smallest absolute Gasteiger partial charge is 0.192 e. The highest BCUT2D eigenvalue weighted by atomic mass is 16.1. The summed E-state index contributed by atoms with van der Waals surface area (Å²) in [7, 11) is 7.64. The normalized spacial score (nSPS) is 9.94. The molecule has 0 aliphatic heterocycles. The standard InChI is InChI=1S/C14H11B2O/c1-16-13-7-3-5-11(9-13)14(17)10-4-2-6-12(15)8-10/h2-9H,1H3. The van der Waals surface area contributed by atoms with E-state index in [-0.39, 0.29) is 5.78 Å². The summed E-state index contributed by atoms with van der Waals surface area (Å²) >= 11 is 0. The van der Waals surface area contributed by atoms with Crippen molar-refractivity contribution in [1.82, 2.24) is 0 Å². The second kappa shape index (κ2) is 5.05. The maximum atomic E-state index is 12.2. The second-order valence-corrected chi connectivity index (χ2v) is 3.87. The van der Waals surface area contributed by atoms with Crippen LogP contribution in [0.5, 0.6) is 0 Å². The van der Waals surface area contributed by atoms with E-state index in [1.807, 2.05) is 38.4 Å². The number of hydrogen-bond acceptors (Lipinski definition) is 1. The Morgan fingerprint density at radius 3 is 2.35 bits per heavy atom. The van der Waals surface area contributed by atoms with Crippen LogP contribution in [0.4, 0.5) is 0 Å². The van der Waals surface area contributed by atoms with E-state index in [0.717, 1.165) is 5.46 Å². The molecule has 0 unspecified atom stereocenters. The van der Waals surface area contributed by atoms with Gasteiger partial charge in [-0.15, -0.1) is 0 Å². The summed E-state index contributed by atoms with van der Waals surface area (Å²) in [5.41, 5.74) is 2.96. The van der Waals surface area contributed by atoms with Crippen LogP contribution < -0.4 is 10.9 Å². The molecule has 0 amide bonds. The first-order valence-electron chi connectivity index (χ1n) is 5.50. The van der Waals surface area contributed by atoms with Gasteiger partial charge in [-0.1, -0.05) is 66.3 Å². The lowest BCUT2D eigenvalue weighted by Gasteiger charge is -2.04. The SMILES string of the molecule is [B]c1cccc(C(=O)c2cccc([B]C)c2)c1. The minimum absolute atomic E-state index is 0.000926. The minimum Gasteiger partial charge on any atom is -0.289 e. The van der Waals surface area contributed by atoms with Crippen molar-refractivity contribution in [2.75, 3.05) is 0 Å². The van der Waals surface area contributed by atoms with Crippen LogP contribution >= 0.6 is 0 Å². The van der Waals surface area contributed by atoms with Gasteiger partial charge in [0.2, 0.25) is 0 Å². The molecule has 0 fully saturated rings. The van der Waals surface area contributed by atoms with E-state index >= 15 is 0 Å². The molecule has 2 aromatic rings. The van der Waals surface area contributed by atoms with Gasteiger partial charge in [0, 0.05) is 11.1 Å². The largest absolute Gasteiger partial charge is 0.289 e. The van der Waals surface area contributed by atoms with Gasteiger partial charge in [-0.3, -0.25) is 4.79 Å². The van der Waals surface area contributed by atoms with Crippen LogP contribution in [-0.4, -0.2) is 20.9 Å². The van der Waals surface area contributed by atoms with Gasteiger partial charge >= 0.3 is 0 Å². The van der Waals surface area contributed by atoms with Crippen LogP contribution in [0, 0.1) is 0 Å². The van der Waals surface area contributed by atoms with Gasteiger partial charge in [0.1, 0.15) is 15.1 Å². The zero-order valence-corrected chi connectivity index (χ0v) is 9.68. The highest BCUT2D eigenvalue weighted by Gasteiger charge is 2.08. The van der Waals surface area contributed by atoms with Crippen molar-refractivity contribution in [1.29, 1.82) is 0 Å². The molecule has 17 heavy (non-hydrogen) atoms. The van der Waals surface area contributed by atoms with E-state index in [2.05, 4.69) is 0 Å². The summed E-state index contributed by atoms with van der Waals surface area (Å²) in [5, 5.41) is 0. The third-order valence-corrected chi connectivity index (χ3v) is 2.63. The molecule has 0 saturated carbocycles. The quantitative estimate of drug-likeness (QED) is 0.555. The van der Waals surface area contributed by atoms with Crippen LogP contribution in [0.1, 0.15) is 15.9 Å². The number of ketones is 1. The molecule has 0 atom stereocenters. The first-order valence-corrected chi connectivity index (χ1v) is 5.50. The van der Waals surface area contributed by atoms with Gasteiger partial charge in [-0.05, 0) is 0 Å². The molecule has 0 spiro atoms. The molecule has 0 N–H and O–H groups in total. The lowest BCUT2D eigenvalue weighted by molar-refractivity contribution is 0.103. The summed E-state index contributed by atoms with van der Waals surface area (Å²) in [5.74, 6) is 0.000926. The Labute approximate surface area is 104 Å². The van der Waals surface area contributed by atoms with Gasteiger partial charge in [0.25, 0.3) is 0 Å². The zero-order chi connectivity index (χ0) is 12.3. The van der Waals surface area contributed by atoms with E-state index in [9.17, 15) is 4.79 Å². The van der Waals surface area contributed by atoms with Crippen molar-refractivity contribution in [3.05, 3.63) is 59.7 Å². The molecule has 2 aromatic carbocycles. The van der Waals surface area contributed by atoms with Crippen LogP contribution in [0.25, 0.3) is 0 Å². The fraction of sp³-hybridized carbons (Fsp3) is 0.0714. The highest BCUT2D eigenvalue weighted by Crippen LogP contribution is 2.07. The fourth-order valence-electron chi connectivity index (χ4n) is 1.71. The Bertz CT molecular complexity index is 549. The van der Waals surface area contributed by atoms with Gasteiger partial charge < -0.3 is 0 Å². The average Bonchev–Trinajstić information content (AvgIpc) is 2.38. The molecule has 3 radical (unpaired) electrons. The van der Waals surface area contributed by atoms with Crippen LogP contribution in [-0.2, 0) is 0 Å². The molecule has 0 saturated heterocycles. The Morgan fingerprint density at radius 2 is 1.71 bits per heavy atom. The minimum atomic E-state index is 0.000926. The lowest BCUT2D eigenvalue weighted by atomic mass is 9.73. The Morgan fingerprint density at radius 1 is 1.06 bits per heavy atom. The third-order valence-electron chi connectivity index (χ3n) is 2.63. The first kappa shape index (κ1) is 11.7. The summed E-state index contributed by atoms with van der Waals surface area (Å²) in [6.45, 7) is 1.95. The fourth-order valence-corrected chi connectivity index (χ4v) is 1.71. The molecule has 2 rings (SSSR count). The van der Waals surface area contributed by atoms with Crippen molar-refractivity contribution in [3.8, 4) is 0 Å². The molecule has 0 aliphatic rings. The summed E-state index contributed by atoms with van der Waals surface area (Å²) < 4.78 is 0. The van der Waals surface area contributed by atoms with Crippen LogP contribution in [0.15, 0.2) is 48.5 Å². The van der Waals surface area contributed by atoms with E-state index in [0.29, 0.717) is 16.6 Å². The van der Waals surface area contributed by atoms with Gasteiger partial charge in [0.15, 0.2) is 5.78 Å². The number of hydrogen-bond donors (Lipinski definition) is 0. The summed E-state index contributed by atoms with van der Waals surface area (Å²) in [6.07, 6.45) is 0. The number of carbonyl (C=O) groups is 1. The van der Waals surface area contributed by atoms with Gasteiger partial charge in [-0.2, -0.15) is 0 Å². The summed E-state index contributed by atoms with van der Waals surface area (Å²) in [4.78, 5) is 12.2. The molecule has 79 valence electrons. The second-order valence-electron chi connectivity index (χ2n) is 3.87. The Kier molecular flexibility index (Phi) is 3.48. The molecule has 0 bridgehead atoms. The summed E-state index contributed by atoms with van der Waals surface area (Å²) in [6, 6.07) is 14.6. The van der Waals surface area contributed by atoms with Crippen LogP contribution in [0.2, 0.25) is 6.82 Å². The number of carbonyl (C=O) groups excluding carboxylic acids is 1. The van der Waals surface area contributed by atoms with E-state index in [1.54, 1.807) is 24.3 Å². The van der Waals surface area contributed by atoms with E-state index < -0.39 is 0 Å². The maximum Gasteiger partial charge on any atom is 0.192 e. The van der Waals surface area contributed by atoms with Crippen molar-refractivity contribution in [2.45, 2.75) is 6.82 Å². The predicted molar refractivity (Wildman–Crippen MR) is 73.0 cm³/mol. The van der Waals surface area contributed by atoms with Crippen molar-refractivity contribution >= 4 is 31.8 Å². The predicted octanol–water partition coefficient (Wildman–Crippen LogP) is 1.09. The first-order chi connectivity index (χ1) is 8.20. The zero-order valence-electron chi connectivity index (χ0n) is 9.68.